The van der Waals surface area contributed by atoms with Gasteiger partial charge in [0, 0.05) is 18.5 Å². The molecule has 1 saturated carbocycles. The summed E-state index contributed by atoms with van der Waals surface area (Å²) in [7, 11) is 0. The Bertz CT molecular complexity index is 373. The third-order valence-electron chi connectivity index (χ3n) is 3.30. The summed E-state index contributed by atoms with van der Waals surface area (Å²) in [5.74, 6) is -1.09. The van der Waals surface area contributed by atoms with Crippen LogP contribution in [0, 0.1) is 17.6 Å². The van der Waals surface area contributed by atoms with E-state index in [-0.39, 0.29) is 12.5 Å². The molecule has 1 aliphatic rings. The van der Waals surface area contributed by atoms with Crippen LogP contribution in [0.5, 0.6) is 0 Å². The first kappa shape index (κ1) is 12.5. The summed E-state index contributed by atoms with van der Waals surface area (Å²) in [4.78, 5) is 0. The van der Waals surface area contributed by atoms with Crippen molar-refractivity contribution < 1.29 is 13.9 Å². The van der Waals surface area contributed by atoms with Gasteiger partial charge in [0.15, 0.2) is 0 Å². The van der Waals surface area contributed by atoms with E-state index in [9.17, 15) is 13.9 Å². The Balaban J connectivity index is 2.14. The van der Waals surface area contributed by atoms with Crippen LogP contribution in [0.25, 0.3) is 0 Å². The van der Waals surface area contributed by atoms with Gasteiger partial charge in [0.2, 0.25) is 0 Å². The summed E-state index contributed by atoms with van der Waals surface area (Å²) in [5.41, 5.74) is 6.04. The minimum atomic E-state index is -0.628. The van der Waals surface area contributed by atoms with E-state index in [2.05, 4.69) is 0 Å². The third-order valence-corrected chi connectivity index (χ3v) is 3.30. The largest absolute Gasteiger partial charge is 0.392 e. The number of hydrogen-bond donors (Lipinski definition) is 2. The van der Waals surface area contributed by atoms with Gasteiger partial charge in [0.1, 0.15) is 11.6 Å². The molecule has 0 amide bonds. The van der Waals surface area contributed by atoms with E-state index in [0.717, 1.165) is 18.9 Å². The summed E-state index contributed by atoms with van der Waals surface area (Å²) in [6.07, 6.45) is 2.31. The van der Waals surface area contributed by atoms with Crippen molar-refractivity contribution in [2.75, 3.05) is 6.54 Å². The molecule has 0 spiro atoms. The normalized spacial score (nSPS) is 19.1. The molecule has 1 aliphatic carbocycles. The van der Waals surface area contributed by atoms with E-state index in [1.807, 2.05) is 0 Å². The lowest BCUT2D eigenvalue weighted by Gasteiger charge is -2.22. The predicted octanol–water partition coefficient (Wildman–Crippen LogP) is 2.17. The predicted molar refractivity (Wildman–Crippen MR) is 61.5 cm³/mol. The molecule has 94 valence electrons. The Labute approximate surface area is 99.4 Å². The van der Waals surface area contributed by atoms with Gasteiger partial charge in [-0.05, 0) is 30.0 Å². The van der Waals surface area contributed by atoms with Crippen LogP contribution in [-0.4, -0.2) is 17.8 Å². The van der Waals surface area contributed by atoms with E-state index < -0.39 is 17.7 Å². The first-order valence-corrected chi connectivity index (χ1v) is 5.94. The van der Waals surface area contributed by atoms with Gasteiger partial charge >= 0.3 is 0 Å². The Morgan fingerprint density at radius 3 is 2.29 bits per heavy atom. The number of halogens is 2. The molecule has 0 bridgehead atoms. The van der Waals surface area contributed by atoms with Gasteiger partial charge in [-0.2, -0.15) is 0 Å². The summed E-state index contributed by atoms with van der Waals surface area (Å²) in [6, 6.07) is 3.32. The minimum absolute atomic E-state index is 0.191. The van der Waals surface area contributed by atoms with Crippen LogP contribution in [-0.2, 0) is 0 Å². The molecule has 0 aliphatic heterocycles. The highest BCUT2D eigenvalue weighted by molar-refractivity contribution is 5.23. The SMILES string of the molecule is NCC(c1cc(F)cc(F)c1)C(O)CC1CC1. The zero-order valence-electron chi connectivity index (χ0n) is 9.57. The molecule has 0 heterocycles. The van der Waals surface area contributed by atoms with Gasteiger partial charge in [-0.15, -0.1) is 0 Å². The molecule has 1 aromatic carbocycles. The fourth-order valence-corrected chi connectivity index (χ4v) is 2.16. The second-order valence-corrected chi connectivity index (χ2v) is 4.79. The van der Waals surface area contributed by atoms with Crippen molar-refractivity contribution in [1.29, 1.82) is 0 Å². The van der Waals surface area contributed by atoms with E-state index in [0.29, 0.717) is 17.9 Å². The Hall–Kier alpha value is -1.00. The van der Waals surface area contributed by atoms with E-state index in [4.69, 9.17) is 5.73 Å². The lowest BCUT2D eigenvalue weighted by molar-refractivity contribution is 0.129. The van der Waals surface area contributed by atoms with Crippen molar-refractivity contribution in [3.63, 3.8) is 0 Å². The number of hydrogen-bond acceptors (Lipinski definition) is 2. The Morgan fingerprint density at radius 1 is 1.24 bits per heavy atom. The molecule has 2 unspecified atom stereocenters. The number of aliphatic hydroxyl groups is 1. The highest BCUT2D eigenvalue weighted by atomic mass is 19.1. The van der Waals surface area contributed by atoms with Crippen LogP contribution in [0.3, 0.4) is 0 Å². The fraction of sp³-hybridized carbons (Fsp3) is 0.538. The van der Waals surface area contributed by atoms with Gasteiger partial charge in [-0.3, -0.25) is 0 Å². The number of nitrogens with two attached hydrogens (primary N) is 1. The maximum absolute atomic E-state index is 13.1. The second kappa shape index (κ2) is 5.10. The molecule has 0 aromatic heterocycles. The number of benzene rings is 1. The summed E-state index contributed by atoms with van der Waals surface area (Å²) < 4.78 is 26.2. The summed E-state index contributed by atoms with van der Waals surface area (Å²) in [5, 5.41) is 10.0. The molecule has 2 nitrogen and oxygen atoms in total. The molecular formula is C13H17F2NO. The summed E-state index contributed by atoms with van der Waals surface area (Å²) in [6.45, 7) is 0.191. The van der Waals surface area contributed by atoms with Crippen LogP contribution in [0.4, 0.5) is 8.78 Å². The lowest BCUT2D eigenvalue weighted by Crippen LogP contribution is -2.26. The van der Waals surface area contributed by atoms with Crippen LogP contribution >= 0.6 is 0 Å². The van der Waals surface area contributed by atoms with Crippen molar-refractivity contribution in [1.82, 2.24) is 0 Å². The van der Waals surface area contributed by atoms with Crippen molar-refractivity contribution in [2.45, 2.75) is 31.3 Å². The standard InChI is InChI=1S/C13H17F2NO/c14-10-4-9(5-11(15)6-10)12(7-16)13(17)3-8-1-2-8/h4-6,8,12-13,17H,1-3,7,16H2. The third kappa shape index (κ3) is 3.23. The Morgan fingerprint density at radius 2 is 1.82 bits per heavy atom. The molecule has 2 rings (SSSR count). The minimum Gasteiger partial charge on any atom is -0.392 e. The van der Waals surface area contributed by atoms with Gasteiger partial charge in [-0.1, -0.05) is 12.8 Å². The highest BCUT2D eigenvalue weighted by Gasteiger charge is 2.29. The maximum Gasteiger partial charge on any atom is 0.126 e. The number of rotatable bonds is 5. The molecule has 0 radical (unpaired) electrons. The molecule has 4 heteroatoms. The average molecular weight is 241 g/mol. The second-order valence-electron chi connectivity index (χ2n) is 4.79. The highest BCUT2D eigenvalue weighted by Crippen LogP contribution is 2.36. The molecule has 2 atom stereocenters. The van der Waals surface area contributed by atoms with Gasteiger partial charge in [0.05, 0.1) is 6.10 Å². The van der Waals surface area contributed by atoms with Crippen molar-refractivity contribution in [2.24, 2.45) is 11.7 Å². The van der Waals surface area contributed by atoms with Crippen LogP contribution in [0.1, 0.15) is 30.7 Å². The van der Waals surface area contributed by atoms with Crippen molar-refractivity contribution >= 4 is 0 Å². The zero-order chi connectivity index (χ0) is 12.4. The monoisotopic (exact) mass is 241 g/mol. The fourth-order valence-electron chi connectivity index (χ4n) is 2.16. The zero-order valence-corrected chi connectivity index (χ0v) is 9.57. The van der Waals surface area contributed by atoms with Crippen molar-refractivity contribution in [3.8, 4) is 0 Å². The lowest BCUT2D eigenvalue weighted by atomic mass is 9.90. The van der Waals surface area contributed by atoms with Gasteiger partial charge < -0.3 is 10.8 Å². The summed E-state index contributed by atoms with van der Waals surface area (Å²) >= 11 is 0. The maximum atomic E-state index is 13.1. The van der Waals surface area contributed by atoms with E-state index in [1.54, 1.807) is 0 Å². The molecule has 1 aromatic rings. The van der Waals surface area contributed by atoms with E-state index in [1.165, 1.54) is 12.1 Å². The van der Waals surface area contributed by atoms with Crippen LogP contribution in [0.2, 0.25) is 0 Å². The smallest absolute Gasteiger partial charge is 0.126 e. The molecule has 3 N–H and O–H groups in total. The molecule has 0 saturated heterocycles. The number of aliphatic hydroxyl groups excluding tert-OH is 1. The first-order chi connectivity index (χ1) is 8.10. The molecule has 1 fully saturated rings. The quantitative estimate of drug-likeness (QED) is 0.830. The van der Waals surface area contributed by atoms with Crippen LogP contribution in [0.15, 0.2) is 18.2 Å². The van der Waals surface area contributed by atoms with Crippen LogP contribution < -0.4 is 5.73 Å². The van der Waals surface area contributed by atoms with Crippen molar-refractivity contribution in [3.05, 3.63) is 35.4 Å². The van der Waals surface area contributed by atoms with E-state index >= 15 is 0 Å². The topological polar surface area (TPSA) is 46.2 Å². The van der Waals surface area contributed by atoms with Gasteiger partial charge in [-0.25, -0.2) is 8.78 Å². The van der Waals surface area contributed by atoms with Gasteiger partial charge in [0.25, 0.3) is 0 Å². The molecular weight excluding hydrogens is 224 g/mol. The molecule has 17 heavy (non-hydrogen) atoms. The Kier molecular flexibility index (Phi) is 3.74. The first-order valence-electron chi connectivity index (χ1n) is 5.94. The average Bonchev–Trinajstić information content (AvgIpc) is 3.01.